The van der Waals surface area contributed by atoms with E-state index in [2.05, 4.69) is 4.98 Å². The van der Waals surface area contributed by atoms with Crippen molar-refractivity contribution in [3.8, 4) is 17.7 Å². The standard InChI is InChI=1S/C16H9ClN2O/c17-15-8-11(10-18)9-16(19-15)20-14-7-3-5-12-4-1-2-6-13(12)14/h1-9H. The Labute approximate surface area is 121 Å². The minimum Gasteiger partial charge on any atom is -0.438 e. The zero-order valence-corrected chi connectivity index (χ0v) is 11.1. The minimum atomic E-state index is 0.235. The van der Waals surface area contributed by atoms with Crippen molar-refractivity contribution in [2.24, 2.45) is 0 Å². The summed E-state index contributed by atoms with van der Waals surface area (Å²) in [6.45, 7) is 0. The first-order valence-electron chi connectivity index (χ1n) is 5.99. The van der Waals surface area contributed by atoms with Crippen LogP contribution in [0.5, 0.6) is 11.6 Å². The predicted molar refractivity (Wildman–Crippen MR) is 78.0 cm³/mol. The van der Waals surface area contributed by atoms with Crippen LogP contribution < -0.4 is 4.74 Å². The summed E-state index contributed by atoms with van der Waals surface area (Å²) in [7, 11) is 0. The van der Waals surface area contributed by atoms with Crippen LogP contribution in [-0.2, 0) is 0 Å². The molecule has 0 spiro atoms. The third-order valence-electron chi connectivity index (χ3n) is 2.86. The number of halogens is 1. The lowest BCUT2D eigenvalue weighted by Gasteiger charge is -2.08. The number of hydrogen-bond donors (Lipinski definition) is 0. The van der Waals surface area contributed by atoms with Gasteiger partial charge < -0.3 is 4.74 Å². The van der Waals surface area contributed by atoms with E-state index in [0.717, 1.165) is 10.8 Å². The summed E-state index contributed by atoms with van der Waals surface area (Å²) in [6.07, 6.45) is 0. The van der Waals surface area contributed by atoms with Gasteiger partial charge in [-0.05, 0) is 17.5 Å². The maximum absolute atomic E-state index is 8.93. The van der Waals surface area contributed by atoms with Crippen molar-refractivity contribution in [1.82, 2.24) is 4.98 Å². The zero-order valence-electron chi connectivity index (χ0n) is 10.4. The summed E-state index contributed by atoms with van der Waals surface area (Å²) in [5, 5.41) is 11.2. The first kappa shape index (κ1) is 12.5. The molecule has 0 saturated carbocycles. The van der Waals surface area contributed by atoms with Gasteiger partial charge in [0.1, 0.15) is 10.9 Å². The number of pyridine rings is 1. The highest BCUT2D eigenvalue weighted by atomic mass is 35.5. The molecule has 20 heavy (non-hydrogen) atoms. The van der Waals surface area contributed by atoms with Crippen molar-refractivity contribution in [2.75, 3.05) is 0 Å². The third-order valence-corrected chi connectivity index (χ3v) is 3.06. The molecule has 0 aliphatic heterocycles. The van der Waals surface area contributed by atoms with E-state index in [0.29, 0.717) is 17.2 Å². The Morgan fingerprint density at radius 2 is 1.85 bits per heavy atom. The topological polar surface area (TPSA) is 45.9 Å². The Morgan fingerprint density at radius 3 is 2.70 bits per heavy atom. The van der Waals surface area contributed by atoms with Crippen LogP contribution in [0.2, 0.25) is 5.15 Å². The molecule has 0 unspecified atom stereocenters. The molecule has 0 aliphatic carbocycles. The number of nitriles is 1. The van der Waals surface area contributed by atoms with E-state index in [-0.39, 0.29) is 5.15 Å². The lowest BCUT2D eigenvalue weighted by Crippen LogP contribution is -1.90. The van der Waals surface area contributed by atoms with Crippen molar-refractivity contribution in [1.29, 1.82) is 5.26 Å². The monoisotopic (exact) mass is 280 g/mol. The number of benzene rings is 2. The summed E-state index contributed by atoms with van der Waals surface area (Å²) < 4.78 is 5.77. The second kappa shape index (κ2) is 5.20. The highest BCUT2D eigenvalue weighted by Gasteiger charge is 2.06. The minimum absolute atomic E-state index is 0.235. The highest BCUT2D eigenvalue weighted by Crippen LogP contribution is 2.29. The molecule has 0 bridgehead atoms. The molecule has 3 nitrogen and oxygen atoms in total. The molecule has 0 radical (unpaired) electrons. The Morgan fingerprint density at radius 1 is 1.05 bits per heavy atom. The highest BCUT2D eigenvalue weighted by molar-refractivity contribution is 6.29. The van der Waals surface area contributed by atoms with E-state index in [1.807, 2.05) is 48.5 Å². The molecular weight excluding hydrogens is 272 g/mol. The molecule has 4 heteroatoms. The van der Waals surface area contributed by atoms with Crippen molar-refractivity contribution in [3.63, 3.8) is 0 Å². The summed E-state index contributed by atoms with van der Waals surface area (Å²) in [6, 6.07) is 18.8. The molecule has 0 saturated heterocycles. The summed E-state index contributed by atoms with van der Waals surface area (Å²) in [5.41, 5.74) is 0.417. The average Bonchev–Trinajstić information content (AvgIpc) is 2.47. The second-order valence-corrected chi connectivity index (χ2v) is 4.60. The molecule has 3 rings (SSSR count). The van der Waals surface area contributed by atoms with Crippen molar-refractivity contribution in [3.05, 3.63) is 65.3 Å². The van der Waals surface area contributed by atoms with Crippen LogP contribution in [0.25, 0.3) is 10.8 Å². The number of nitrogens with zero attached hydrogens (tertiary/aromatic N) is 2. The number of aromatic nitrogens is 1. The molecule has 0 amide bonds. The SMILES string of the molecule is N#Cc1cc(Cl)nc(Oc2cccc3ccccc23)c1. The van der Waals surface area contributed by atoms with E-state index in [1.165, 1.54) is 6.07 Å². The number of hydrogen-bond acceptors (Lipinski definition) is 3. The van der Waals surface area contributed by atoms with E-state index >= 15 is 0 Å². The smallest absolute Gasteiger partial charge is 0.221 e. The van der Waals surface area contributed by atoms with E-state index in [4.69, 9.17) is 21.6 Å². The molecule has 0 N–H and O–H groups in total. The van der Waals surface area contributed by atoms with Gasteiger partial charge in [0.05, 0.1) is 11.6 Å². The van der Waals surface area contributed by atoms with E-state index in [9.17, 15) is 0 Å². The Kier molecular flexibility index (Phi) is 3.24. The van der Waals surface area contributed by atoms with Gasteiger partial charge >= 0.3 is 0 Å². The normalized spacial score (nSPS) is 10.2. The maximum Gasteiger partial charge on any atom is 0.221 e. The van der Waals surface area contributed by atoms with Gasteiger partial charge in [0, 0.05) is 11.5 Å². The first-order valence-corrected chi connectivity index (χ1v) is 6.37. The van der Waals surface area contributed by atoms with Crippen LogP contribution in [0, 0.1) is 11.3 Å². The predicted octanol–water partition coefficient (Wildman–Crippen LogP) is 4.55. The summed E-state index contributed by atoms with van der Waals surface area (Å²) in [4.78, 5) is 4.08. The van der Waals surface area contributed by atoms with Gasteiger partial charge in [0.2, 0.25) is 5.88 Å². The van der Waals surface area contributed by atoms with Crippen LogP contribution in [-0.4, -0.2) is 4.98 Å². The summed E-state index contributed by atoms with van der Waals surface area (Å²) >= 11 is 5.87. The molecular formula is C16H9ClN2O. The van der Waals surface area contributed by atoms with Crippen LogP contribution in [0.4, 0.5) is 0 Å². The van der Waals surface area contributed by atoms with Crippen molar-refractivity contribution in [2.45, 2.75) is 0 Å². The first-order chi connectivity index (χ1) is 9.76. The Bertz CT molecular complexity index is 819. The van der Waals surface area contributed by atoms with Gasteiger partial charge in [0.15, 0.2) is 0 Å². The lowest BCUT2D eigenvalue weighted by atomic mass is 10.1. The van der Waals surface area contributed by atoms with Gasteiger partial charge in [-0.15, -0.1) is 0 Å². The average molecular weight is 281 g/mol. The lowest BCUT2D eigenvalue weighted by molar-refractivity contribution is 0.468. The number of ether oxygens (including phenoxy) is 1. The molecule has 96 valence electrons. The van der Waals surface area contributed by atoms with Gasteiger partial charge in [0.25, 0.3) is 0 Å². The summed E-state index contributed by atoms with van der Waals surface area (Å²) in [5.74, 6) is 0.993. The van der Waals surface area contributed by atoms with Crippen LogP contribution in [0.3, 0.4) is 0 Å². The van der Waals surface area contributed by atoms with Crippen molar-refractivity contribution < 1.29 is 4.74 Å². The van der Waals surface area contributed by atoms with Gasteiger partial charge in [-0.2, -0.15) is 5.26 Å². The fourth-order valence-corrected chi connectivity index (χ4v) is 2.19. The van der Waals surface area contributed by atoms with E-state index < -0.39 is 0 Å². The zero-order chi connectivity index (χ0) is 13.9. The second-order valence-electron chi connectivity index (χ2n) is 4.21. The maximum atomic E-state index is 8.93. The largest absolute Gasteiger partial charge is 0.438 e. The third kappa shape index (κ3) is 2.42. The van der Waals surface area contributed by atoms with Crippen LogP contribution >= 0.6 is 11.6 Å². The quantitative estimate of drug-likeness (QED) is 0.647. The number of rotatable bonds is 2. The van der Waals surface area contributed by atoms with Crippen LogP contribution in [0.1, 0.15) is 5.56 Å². The molecule has 0 atom stereocenters. The Balaban J connectivity index is 2.06. The van der Waals surface area contributed by atoms with Gasteiger partial charge in [-0.25, -0.2) is 4.98 Å². The fourth-order valence-electron chi connectivity index (χ4n) is 1.99. The van der Waals surface area contributed by atoms with Gasteiger partial charge in [-0.1, -0.05) is 48.0 Å². The molecule has 0 fully saturated rings. The van der Waals surface area contributed by atoms with Gasteiger partial charge in [-0.3, -0.25) is 0 Å². The Hall–Kier alpha value is -2.57. The molecule has 2 aromatic carbocycles. The molecule has 1 aromatic heterocycles. The van der Waals surface area contributed by atoms with E-state index in [1.54, 1.807) is 6.07 Å². The molecule has 0 aliphatic rings. The number of fused-ring (bicyclic) bond motifs is 1. The molecule has 1 heterocycles. The van der Waals surface area contributed by atoms with Crippen molar-refractivity contribution >= 4 is 22.4 Å². The molecule has 3 aromatic rings. The van der Waals surface area contributed by atoms with Crippen LogP contribution in [0.15, 0.2) is 54.6 Å². The fraction of sp³-hybridized carbons (Fsp3) is 0.